The number of fused-ring (bicyclic) bond motifs is 2. The molecule has 2 aliphatic heterocycles. The van der Waals surface area contributed by atoms with E-state index in [1.807, 2.05) is 6.07 Å². The van der Waals surface area contributed by atoms with Crippen molar-refractivity contribution in [3.63, 3.8) is 0 Å². The summed E-state index contributed by atoms with van der Waals surface area (Å²) in [5, 5.41) is 0. The van der Waals surface area contributed by atoms with E-state index in [0.29, 0.717) is 24.4 Å². The summed E-state index contributed by atoms with van der Waals surface area (Å²) in [6.07, 6.45) is 10.4. The minimum Gasteiger partial charge on any atom is -0.336 e. The lowest BCUT2D eigenvalue weighted by Crippen LogP contribution is -2.45. The van der Waals surface area contributed by atoms with Gasteiger partial charge in [-0.15, -0.1) is 0 Å². The van der Waals surface area contributed by atoms with E-state index in [-0.39, 0.29) is 0 Å². The largest absolute Gasteiger partial charge is 0.336 e. The standard InChI is InChI=1S/C20H25NO/c22-20(12-9-15-5-2-1-3-6-15)21-18-10-11-19(21)14-17(13-18)16-7-4-8-16/h1-3,5-6,18-19H,4,7-14H2. The van der Waals surface area contributed by atoms with Crippen molar-refractivity contribution < 1.29 is 4.79 Å². The van der Waals surface area contributed by atoms with E-state index < -0.39 is 0 Å². The average Bonchev–Trinajstić information content (AvgIpc) is 2.75. The van der Waals surface area contributed by atoms with Gasteiger partial charge in [0, 0.05) is 18.5 Å². The van der Waals surface area contributed by atoms with Crippen LogP contribution in [0.2, 0.25) is 0 Å². The van der Waals surface area contributed by atoms with Gasteiger partial charge in [-0.1, -0.05) is 41.5 Å². The summed E-state index contributed by atoms with van der Waals surface area (Å²) in [6.45, 7) is 0. The van der Waals surface area contributed by atoms with E-state index in [1.165, 1.54) is 50.5 Å². The summed E-state index contributed by atoms with van der Waals surface area (Å²) < 4.78 is 0. The summed E-state index contributed by atoms with van der Waals surface area (Å²) in [5.41, 5.74) is 4.72. The second kappa shape index (κ2) is 5.91. The quantitative estimate of drug-likeness (QED) is 0.763. The Kier molecular flexibility index (Phi) is 3.77. The smallest absolute Gasteiger partial charge is 0.223 e. The number of hydrogen-bond acceptors (Lipinski definition) is 1. The highest BCUT2D eigenvalue weighted by Gasteiger charge is 2.41. The molecule has 2 atom stereocenters. The number of piperidine rings is 1. The topological polar surface area (TPSA) is 20.3 Å². The normalized spacial score (nSPS) is 27.0. The lowest BCUT2D eigenvalue weighted by atomic mass is 9.82. The average molecular weight is 295 g/mol. The third kappa shape index (κ3) is 2.60. The van der Waals surface area contributed by atoms with Crippen molar-refractivity contribution in [2.45, 2.75) is 69.9 Å². The van der Waals surface area contributed by atoms with Gasteiger partial charge in [-0.05, 0) is 56.9 Å². The Morgan fingerprint density at radius 2 is 1.68 bits per heavy atom. The molecule has 4 rings (SSSR count). The van der Waals surface area contributed by atoms with Gasteiger partial charge in [-0.25, -0.2) is 0 Å². The zero-order chi connectivity index (χ0) is 14.9. The highest BCUT2D eigenvalue weighted by Crippen LogP contribution is 2.43. The maximum absolute atomic E-state index is 12.7. The molecule has 2 heteroatoms. The number of carbonyl (C=O) groups is 1. The third-order valence-electron chi connectivity index (χ3n) is 5.80. The van der Waals surface area contributed by atoms with Crippen molar-refractivity contribution in [1.82, 2.24) is 4.90 Å². The molecule has 1 amide bonds. The second-order valence-corrected chi connectivity index (χ2v) is 7.14. The van der Waals surface area contributed by atoms with Gasteiger partial charge in [0.15, 0.2) is 0 Å². The van der Waals surface area contributed by atoms with Gasteiger partial charge in [0.25, 0.3) is 0 Å². The predicted octanol–water partition coefficient (Wildman–Crippen LogP) is 4.25. The fourth-order valence-corrected chi connectivity index (χ4v) is 4.44. The van der Waals surface area contributed by atoms with Crippen LogP contribution in [0.5, 0.6) is 0 Å². The van der Waals surface area contributed by atoms with Crippen LogP contribution in [-0.2, 0) is 11.2 Å². The molecule has 0 spiro atoms. The highest BCUT2D eigenvalue weighted by molar-refractivity contribution is 5.78. The fraction of sp³-hybridized carbons (Fsp3) is 0.550. The number of aryl methyl sites for hydroxylation is 1. The Morgan fingerprint density at radius 3 is 2.27 bits per heavy atom. The van der Waals surface area contributed by atoms with E-state index >= 15 is 0 Å². The lowest BCUT2D eigenvalue weighted by Gasteiger charge is -2.38. The molecule has 0 radical (unpaired) electrons. The van der Waals surface area contributed by atoms with Crippen LogP contribution in [0.3, 0.4) is 0 Å². The number of rotatable bonds is 3. The molecule has 116 valence electrons. The first-order valence-corrected chi connectivity index (χ1v) is 8.86. The van der Waals surface area contributed by atoms with Crippen molar-refractivity contribution in [2.75, 3.05) is 0 Å². The van der Waals surface area contributed by atoms with Gasteiger partial charge < -0.3 is 4.90 Å². The first-order valence-electron chi connectivity index (χ1n) is 8.86. The summed E-state index contributed by atoms with van der Waals surface area (Å²) in [6, 6.07) is 11.4. The number of hydrogen-bond donors (Lipinski definition) is 0. The fourth-order valence-electron chi connectivity index (χ4n) is 4.44. The Labute approximate surface area is 133 Å². The maximum Gasteiger partial charge on any atom is 0.223 e. The molecule has 1 aliphatic carbocycles. The molecular formula is C20H25NO. The Bertz CT molecular complexity index is 567. The van der Waals surface area contributed by atoms with Crippen LogP contribution in [0.15, 0.2) is 41.5 Å². The lowest BCUT2D eigenvalue weighted by molar-refractivity contribution is -0.134. The first kappa shape index (κ1) is 14.0. The molecule has 1 aromatic rings. The molecule has 2 bridgehead atoms. The second-order valence-electron chi connectivity index (χ2n) is 7.14. The summed E-state index contributed by atoms with van der Waals surface area (Å²) >= 11 is 0. The minimum absolute atomic E-state index is 0.383. The van der Waals surface area contributed by atoms with Crippen LogP contribution in [0, 0.1) is 0 Å². The zero-order valence-electron chi connectivity index (χ0n) is 13.3. The summed E-state index contributed by atoms with van der Waals surface area (Å²) in [4.78, 5) is 15.0. The maximum atomic E-state index is 12.7. The number of benzene rings is 1. The van der Waals surface area contributed by atoms with Crippen molar-refractivity contribution in [1.29, 1.82) is 0 Å². The molecule has 2 saturated heterocycles. The Morgan fingerprint density at radius 1 is 1.00 bits per heavy atom. The molecule has 2 heterocycles. The van der Waals surface area contributed by atoms with E-state index in [0.717, 1.165) is 6.42 Å². The summed E-state index contributed by atoms with van der Waals surface area (Å²) in [7, 11) is 0. The van der Waals surface area contributed by atoms with Gasteiger partial charge >= 0.3 is 0 Å². The van der Waals surface area contributed by atoms with Crippen LogP contribution >= 0.6 is 0 Å². The molecular weight excluding hydrogens is 270 g/mol. The van der Waals surface area contributed by atoms with Crippen LogP contribution < -0.4 is 0 Å². The first-order chi connectivity index (χ1) is 10.8. The Hall–Kier alpha value is -1.57. The highest BCUT2D eigenvalue weighted by atomic mass is 16.2. The van der Waals surface area contributed by atoms with E-state index in [9.17, 15) is 4.79 Å². The van der Waals surface area contributed by atoms with Gasteiger partial charge in [-0.3, -0.25) is 4.79 Å². The van der Waals surface area contributed by atoms with Gasteiger partial charge in [0.1, 0.15) is 0 Å². The molecule has 2 nitrogen and oxygen atoms in total. The van der Waals surface area contributed by atoms with Gasteiger partial charge in [0.05, 0.1) is 0 Å². The van der Waals surface area contributed by atoms with Crippen LogP contribution in [-0.4, -0.2) is 22.9 Å². The number of carbonyl (C=O) groups excluding carboxylic acids is 1. The number of nitrogens with zero attached hydrogens (tertiary/aromatic N) is 1. The van der Waals surface area contributed by atoms with Crippen molar-refractivity contribution in [2.24, 2.45) is 0 Å². The SMILES string of the molecule is O=C(CCc1ccccc1)N1C2CCC1CC(=C1CCC1)C2. The number of amides is 1. The van der Waals surface area contributed by atoms with Crippen molar-refractivity contribution in [3.8, 4) is 0 Å². The van der Waals surface area contributed by atoms with Crippen molar-refractivity contribution >= 4 is 5.91 Å². The zero-order valence-corrected chi connectivity index (χ0v) is 13.3. The molecule has 2 unspecified atom stereocenters. The van der Waals surface area contributed by atoms with Gasteiger partial charge in [-0.2, -0.15) is 0 Å². The molecule has 22 heavy (non-hydrogen) atoms. The molecule has 0 aromatic heterocycles. The van der Waals surface area contributed by atoms with Crippen LogP contribution in [0.4, 0.5) is 0 Å². The minimum atomic E-state index is 0.383. The van der Waals surface area contributed by atoms with Crippen LogP contribution in [0.25, 0.3) is 0 Å². The molecule has 1 aromatic carbocycles. The third-order valence-corrected chi connectivity index (χ3v) is 5.80. The van der Waals surface area contributed by atoms with E-state index in [2.05, 4.69) is 29.2 Å². The van der Waals surface area contributed by atoms with E-state index in [4.69, 9.17) is 0 Å². The van der Waals surface area contributed by atoms with Gasteiger partial charge in [0.2, 0.25) is 5.91 Å². The van der Waals surface area contributed by atoms with Crippen molar-refractivity contribution in [3.05, 3.63) is 47.0 Å². The summed E-state index contributed by atoms with van der Waals surface area (Å²) in [5.74, 6) is 0.383. The molecule has 0 N–H and O–H groups in total. The van der Waals surface area contributed by atoms with Crippen LogP contribution in [0.1, 0.15) is 56.9 Å². The Balaban J connectivity index is 1.40. The monoisotopic (exact) mass is 295 g/mol. The number of allylic oxidation sites excluding steroid dienone is 1. The molecule has 3 aliphatic rings. The predicted molar refractivity (Wildman–Crippen MR) is 88.5 cm³/mol. The van der Waals surface area contributed by atoms with E-state index in [1.54, 1.807) is 11.1 Å². The molecule has 3 fully saturated rings. The molecule has 1 saturated carbocycles.